The number of fused-ring (bicyclic) bond motifs is 1. The maximum absolute atomic E-state index is 5.65. The molecule has 150 valence electrons. The van der Waals surface area contributed by atoms with Crippen LogP contribution in [0.15, 0.2) is 23.2 Å². The zero-order valence-electron chi connectivity index (χ0n) is 17.0. The molecule has 6 heteroatoms. The Hall–Kier alpha value is -1.95. The Morgan fingerprint density at radius 3 is 2.59 bits per heavy atom. The number of nitrogens with one attached hydrogen (secondary N) is 2. The van der Waals surface area contributed by atoms with Gasteiger partial charge in [-0.1, -0.05) is 19.9 Å². The molecule has 2 heterocycles. The smallest absolute Gasteiger partial charge is 0.231 e. The second-order valence-electron chi connectivity index (χ2n) is 7.83. The summed E-state index contributed by atoms with van der Waals surface area (Å²) in [7, 11) is 0. The van der Waals surface area contributed by atoms with Crippen molar-refractivity contribution >= 4 is 5.96 Å². The molecule has 2 N–H and O–H groups in total. The van der Waals surface area contributed by atoms with Gasteiger partial charge >= 0.3 is 0 Å². The monoisotopic (exact) mass is 375 g/mol. The van der Waals surface area contributed by atoms with Gasteiger partial charge < -0.3 is 24.8 Å². The van der Waals surface area contributed by atoms with E-state index in [1.54, 1.807) is 0 Å². The molecule has 0 aliphatic carbocycles. The Kier molecular flexibility index (Phi) is 6.47. The summed E-state index contributed by atoms with van der Waals surface area (Å²) in [6.07, 6.45) is 1.91. The number of benzene rings is 1. The van der Waals surface area contributed by atoms with E-state index < -0.39 is 0 Å². The fourth-order valence-electron chi connectivity index (χ4n) is 3.46. The first-order valence-corrected chi connectivity index (χ1v) is 10.1. The minimum atomic E-state index is -0.0390. The van der Waals surface area contributed by atoms with Crippen LogP contribution in [0.4, 0.5) is 0 Å². The van der Waals surface area contributed by atoms with Crippen LogP contribution >= 0.6 is 0 Å². The lowest BCUT2D eigenvalue weighted by atomic mass is 9.74. The molecular formula is C21H33N3O3. The quantitative estimate of drug-likeness (QED) is 0.591. The molecule has 0 saturated carbocycles. The van der Waals surface area contributed by atoms with E-state index >= 15 is 0 Å². The number of aliphatic imine (C=N–C) groups is 1. The van der Waals surface area contributed by atoms with Gasteiger partial charge in [0.05, 0.1) is 6.54 Å². The van der Waals surface area contributed by atoms with E-state index in [0.717, 1.165) is 56.6 Å². The third kappa shape index (κ3) is 4.67. The number of hydrogen-bond acceptors (Lipinski definition) is 4. The van der Waals surface area contributed by atoms with Gasteiger partial charge in [0.15, 0.2) is 17.5 Å². The Morgan fingerprint density at radius 1 is 1.15 bits per heavy atom. The van der Waals surface area contributed by atoms with Gasteiger partial charge in [0.25, 0.3) is 0 Å². The van der Waals surface area contributed by atoms with Crippen LogP contribution in [0.1, 0.15) is 46.1 Å². The molecule has 2 aliphatic rings. The number of ether oxygens (including phenoxy) is 3. The first-order chi connectivity index (χ1) is 13.0. The van der Waals surface area contributed by atoms with Crippen molar-refractivity contribution in [2.75, 3.05) is 33.1 Å². The molecule has 1 saturated heterocycles. The van der Waals surface area contributed by atoms with Crippen LogP contribution in [-0.4, -0.2) is 45.1 Å². The van der Waals surface area contributed by atoms with Crippen molar-refractivity contribution < 1.29 is 14.2 Å². The molecule has 1 aromatic carbocycles. The van der Waals surface area contributed by atoms with Crippen molar-refractivity contribution in [1.29, 1.82) is 0 Å². The van der Waals surface area contributed by atoms with Crippen LogP contribution in [0.25, 0.3) is 0 Å². The van der Waals surface area contributed by atoms with Crippen LogP contribution < -0.4 is 20.1 Å². The Labute approximate surface area is 162 Å². The van der Waals surface area contributed by atoms with E-state index in [4.69, 9.17) is 19.2 Å². The second-order valence-corrected chi connectivity index (χ2v) is 7.83. The Balaban J connectivity index is 1.83. The molecule has 1 fully saturated rings. The molecule has 0 aromatic heterocycles. The van der Waals surface area contributed by atoms with Gasteiger partial charge in [-0.3, -0.25) is 4.99 Å². The summed E-state index contributed by atoms with van der Waals surface area (Å²) >= 11 is 0. The van der Waals surface area contributed by atoms with E-state index in [1.165, 1.54) is 5.56 Å². The van der Waals surface area contributed by atoms with Crippen LogP contribution in [0, 0.1) is 5.92 Å². The molecule has 2 aliphatic heterocycles. The fraction of sp³-hybridized carbons (Fsp3) is 0.667. The molecule has 1 atom stereocenters. The van der Waals surface area contributed by atoms with Crippen molar-refractivity contribution in [3.8, 4) is 11.5 Å². The molecule has 0 bridgehead atoms. The van der Waals surface area contributed by atoms with E-state index in [9.17, 15) is 0 Å². The molecule has 0 amide bonds. The summed E-state index contributed by atoms with van der Waals surface area (Å²) in [5, 5.41) is 6.91. The van der Waals surface area contributed by atoms with Crippen molar-refractivity contribution in [1.82, 2.24) is 10.6 Å². The highest BCUT2D eigenvalue weighted by Crippen LogP contribution is 2.41. The van der Waals surface area contributed by atoms with E-state index in [2.05, 4.69) is 50.5 Å². The van der Waals surface area contributed by atoms with Crippen LogP contribution in [0.5, 0.6) is 11.5 Å². The summed E-state index contributed by atoms with van der Waals surface area (Å²) in [6.45, 7) is 12.1. The number of hydrogen-bond donors (Lipinski definition) is 2. The molecule has 1 unspecified atom stereocenters. The molecule has 0 spiro atoms. The predicted molar refractivity (Wildman–Crippen MR) is 108 cm³/mol. The van der Waals surface area contributed by atoms with E-state index in [-0.39, 0.29) is 5.41 Å². The summed E-state index contributed by atoms with van der Waals surface area (Å²) in [6, 6.07) is 6.66. The summed E-state index contributed by atoms with van der Waals surface area (Å²) in [5.74, 6) is 3.08. The highest BCUT2D eigenvalue weighted by molar-refractivity contribution is 5.80. The van der Waals surface area contributed by atoms with Crippen LogP contribution in [0.3, 0.4) is 0 Å². The first-order valence-electron chi connectivity index (χ1n) is 10.1. The maximum atomic E-state index is 5.65. The third-order valence-corrected chi connectivity index (χ3v) is 5.68. The minimum Gasteiger partial charge on any atom is -0.454 e. The summed E-state index contributed by atoms with van der Waals surface area (Å²) < 4.78 is 16.7. The normalized spacial score (nSPS) is 19.8. The lowest BCUT2D eigenvalue weighted by Crippen LogP contribution is -2.45. The number of rotatable bonds is 6. The van der Waals surface area contributed by atoms with Gasteiger partial charge in [-0.05, 0) is 50.3 Å². The second kappa shape index (κ2) is 8.83. The SMILES string of the molecule is CCNC(=NCC1(c2ccc3c(c2)OCO3)CCOCC1)NC(C)C(C)C. The molecule has 27 heavy (non-hydrogen) atoms. The van der Waals surface area contributed by atoms with Gasteiger partial charge in [0.2, 0.25) is 6.79 Å². The van der Waals surface area contributed by atoms with Gasteiger partial charge in [0.1, 0.15) is 0 Å². The number of nitrogens with zero attached hydrogens (tertiary/aromatic N) is 1. The van der Waals surface area contributed by atoms with Gasteiger partial charge in [-0.2, -0.15) is 0 Å². The first kappa shape index (κ1) is 19.8. The van der Waals surface area contributed by atoms with Crippen molar-refractivity contribution in [2.45, 2.75) is 52.0 Å². The fourth-order valence-corrected chi connectivity index (χ4v) is 3.46. The van der Waals surface area contributed by atoms with Crippen molar-refractivity contribution in [3.63, 3.8) is 0 Å². The minimum absolute atomic E-state index is 0.0390. The van der Waals surface area contributed by atoms with Crippen molar-refractivity contribution in [2.24, 2.45) is 10.9 Å². The molecule has 0 radical (unpaired) electrons. The largest absolute Gasteiger partial charge is 0.454 e. The maximum Gasteiger partial charge on any atom is 0.231 e. The van der Waals surface area contributed by atoms with Gasteiger partial charge in [-0.15, -0.1) is 0 Å². The average molecular weight is 376 g/mol. The predicted octanol–water partition coefficient (Wildman–Crippen LogP) is 3.06. The molecule has 1 aromatic rings. The van der Waals surface area contributed by atoms with Crippen LogP contribution in [0.2, 0.25) is 0 Å². The van der Waals surface area contributed by atoms with E-state index in [1.807, 2.05) is 6.07 Å². The van der Waals surface area contributed by atoms with Gasteiger partial charge in [0, 0.05) is 31.2 Å². The Bertz CT molecular complexity index is 654. The lowest BCUT2D eigenvalue weighted by Gasteiger charge is -2.37. The highest BCUT2D eigenvalue weighted by Gasteiger charge is 2.35. The third-order valence-electron chi connectivity index (χ3n) is 5.68. The molecular weight excluding hydrogens is 342 g/mol. The standard InChI is InChI=1S/C21H33N3O3/c1-5-22-20(24-16(4)15(2)3)23-13-21(8-10-25-11-9-21)17-6-7-18-19(12-17)27-14-26-18/h6-7,12,15-16H,5,8-11,13-14H2,1-4H3,(H2,22,23,24). The summed E-state index contributed by atoms with van der Waals surface area (Å²) in [4.78, 5) is 4.97. The van der Waals surface area contributed by atoms with E-state index in [0.29, 0.717) is 18.8 Å². The topological polar surface area (TPSA) is 64.1 Å². The summed E-state index contributed by atoms with van der Waals surface area (Å²) in [5.41, 5.74) is 1.22. The zero-order chi connectivity index (χ0) is 19.3. The molecule has 3 rings (SSSR count). The lowest BCUT2D eigenvalue weighted by molar-refractivity contribution is 0.0530. The van der Waals surface area contributed by atoms with Gasteiger partial charge in [-0.25, -0.2) is 0 Å². The number of guanidine groups is 1. The Morgan fingerprint density at radius 2 is 1.89 bits per heavy atom. The zero-order valence-corrected chi connectivity index (χ0v) is 17.0. The van der Waals surface area contributed by atoms with Crippen molar-refractivity contribution in [3.05, 3.63) is 23.8 Å². The van der Waals surface area contributed by atoms with Crippen LogP contribution in [-0.2, 0) is 10.2 Å². The molecule has 6 nitrogen and oxygen atoms in total. The average Bonchev–Trinajstić information content (AvgIpc) is 3.14. The highest BCUT2D eigenvalue weighted by atomic mass is 16.7.